The summed E-state index contributed by atoms with van der Waals surface area (Å²) < 4.78 is 5.28. The lowest BCUT2D eigenvalue weighted by atomic mass is 10.1. The van der Waals surface area contributed by atoms with Crippen LogP contribution in [0.5, 0.6) is 0 Å². The first-order valence-corrected chi connectivity index (χ1v) is 4.17. The van der Waals surface area contributed by atoms with Crippen LogP contribution in [0.1, 0.15) is 35.0 Å². The van der Waals surface area contributed by atoms with Crippen LogP contribution in [0.2, 0.25) is 0 Å². The van der Waals surface area contributed by atoms with Gasteiger partial charge in [0.1, 0.15) is 5.76 Å². The van der Waals surface area contributed by atoms with Gasteiger partial charge in [0.05, 0.1) is 5.56 Å². The minimum atomic E-state index is 0.183. The minimum absolute atomic E-state index is 0.183. The summed E-state index contributed by atoms with van der Waals surface area (Å²) in [5.74, 6) is 1.40. The number of rotatable bonds is 1. The van der Waals surface area contributed by atoms with Crippen molar-refractivity contribution in [2.45, 2.75) is 26.2 Å². The maximum atomic E-state index is 11.3. The largest absolute Gasteiger partial charge is 0.445 e. The Bertz CT molecular complexity index is 339. The zero-order valence-corrected chi connectivity index (χ0v) is 7.02. The molecule has 3 nitrogen and oxygen atoms in total. The van der Waals surface area contributed by atoms with Crippen molar-refractivity contribution in [2.75, 3.05) is 5.73 Å². The molecule has 0 spiro atoms. The molecular weight excluding hydrogens is 154 g/mol. The summed E-state index contributed by atoms with van der Waals surface area (Å²) in [5.41, 5.74) is 7.26. The summed E-state index contributed by atoms with van der Waals surface area (Å²) in [6.07, 6.45) is 2.08. The minimum Gasteiger partial charge on any atom is -0.445 e. The topological polar surface area (TPSA) is 56.2 Å². The SMILES string of the molecule is CCc1c(N)oc2c1C(=O)CC2. The molecule has 2 N–H and O–H groups in total. The van der Waals surface area contributed by atoms with Crippen molar-refractivity contribution in [1.82, 2.24) is 0 Å². The number of nitrogen functional groups attached to an aromatic ring is 1. The molecule has 1 aliphatic rings. The van der Waals surface area contributed by atoms with Crippen molar-refractivity contribution in [2.24, 2.45) is 0 Å². The van der Waals surface area contributed by atoms with Crippen LogP contribution in [0.4, 0.5) is 5.88 Å². The summed E-state index contributed by atoms with van der Waals surface area (Å²) in [6.45, 7) is 1.98. The lowest BCUT2D eigenvalue weighted by molar-refractivity contribution is 0.0994. The van der Waals surface area contributed by atoms with Crippen LogP contribution in [0.3, 0.4) is 0 Å². The Balaban J connectivity index is 2.61. The summed E-state index contributed by atoms with van der Waals surface area (Å²) in [4.78, 5) is 11.3. The van der Waals surface area contributed by atoms with E-state index in [1.54, 1.807) is 0 Å². The average molecular weight is 165 g/mol. The van der Waals surface area contributed by atoms with Crippen LogP contribution in [-0.4, -0.2) is 5.78 Å². The molecular formula is C9H11NO2. The van der Waals surface area contributed by atoms with E-state index in [4.69, 9.17) is 10.2 Å². The number of nitrogens with two attached hydrogens (primary N) is 1. The zero-order chi connectivity index (χ0) is 8.72. The van der Waals surface area contributed by atoms with E-state index in [9.17, 15) is 4.79 Å². The molecule has 64 valence electrons. The Morgan fingerprint density at radius 2 is 2.25 bits per heavy atom. The molecule has 0 radical (unpaired) electrons. The maximum absolute atomic E-state index is 11.3. The second-order valence-corrected chi connectivity index (χ2v) is 3.02. The van der Waals surface area contributed by atoms with Crippen LogP contribution in [0, 0.1) is 0 Å². The first-order chi connectivity index (χ1) is 5.74. The summed E-state index contributed by atoms with van der Waals surface area (Å²) in [6, 6.07) is 0. The fourth-order valence-corrected chi connectivity index (χ4v) is 1.74. The fourth-order valence-electron chi connectivity index (χ4n) is 1.74. The smallest absolute Gasteiger partial charge is 0.194 e. The molecule has 0 bridgehead atoms. The lowest BCUT2D eigenvalue weighted by Gasteiger charge is -1.94. The van der Waals surface area contributed by atoms with E-state index in [0.717, 1.165) is 29.7 Å². The van der Waals surface area contributed by atoms with Gasteiger partial charge in [-0.05, 0) is 6.42 Å². The van der Waals surface area contributed by atoms with Gasteiger partial charge in [-0.3, -0.25) is 4.79 Å². The molecule has 0 saturated heterocycles. The van der Waals surface area contributed by atoms with Gasteiger partial charge in [-0.2, -0.15) is 0 Å². The van der Waals surface area contributed by atoms with E-state index in [0.29, 0.717) is 12.3 Å². The molecule has 2 rings (SSSR count). The summed E-state index contributed by atoms with van der Waals surface area (Å²) >= 11 is 0. The quantitative estimate of drug-likeness (QED) is 0.686. The van der Waals surface area contributed by atoms with Gasteiger partial charge in [0.2, 0.25) is 0 Å². The molecule has 1 aromatic heterocycles. The second-order valence-electron chi connectivity index (χ2n) is 3.02. The number of ketones is 1. The lowest BCUT2D eigenvalue weighted by Crippen LogP contribution is -1.97. The predicted molar refractivity (Wildman–Crippen MR) is 45.1 cm³/mol. The average Bonchev–Trinajstić information content (AvgIpc) is 2.52. The van der Waals surface area contributed by atoms with Crippen molar-refractivity contribution in [3.8, 4) is 0 Å². The molecule has 12 heavy (non-hydrogen) atoms. The Kier molecular flexibility index (Phi) is 1.46. The molecule has 0 unspecified atom stereocenters. The van der Waals surface area contributed by atoms with Gasteiger partial charge in [-0.1, -0.05) is 6.92 Å². The van der Waals surface area contributed by atoms with Crippen LogP contribution >= 0.6 is 0 Å². The summed E-state index contributed by atoms with van der Waals surface area (Å²) in [5, 5.41) is 0. The normalized spacial score (nSPS) is 15.2. The molecule has 1 aliphatic carbocycles. The number of aryl methyl sites for hydroxylation is 1. The summed E-state index contributed by atoms with van der Waals surface area (Å²) in [7, 11) is 0. The third-order valence-electron chi connectivity index (χ3n) is 2.32. The van der Waals surface area contributed by atoms with Crippen molar-refractivity contribution < 1.29 is 9.21 Å². The Labute approximate surface area is 70.5 Å². The predicted octanol–water partition coefficient (Wildman–Crippen LogP) is 1.55. The Morgan fingerprint density at radius 1 is 1.50 bits per heavy atom. The van der Waals surface area contributed by atoms with E-state index >= 15 is 0 Å². The highest BCUT2D eigenvalue weighted by atomic mass is 16.4. The molecule has 0 aliphatic heterocycles. The van der Waals surface area contributed by atoms with E-state index in [1.807, 2.05) is 6.92 Å². The number of Topliss-reactive ketones (excluding diaryl/α,β-unsaturated/α-hetero) is 1. The highest BCUT2D eigenvalue weighted by Crippen LogP contribution is 2.32. The van der Waals surface area contributed by atoms with Crippen molar-refractivity contribution >= 4 is 11.7 Å². The third kappa shape index (κ3) is 0.793. The van der Waals surface area contributed by atoms with Crippen LogP contribution in [-0.2, 0) is 12.8 Å². The van der Waals surface area contributed by atoms with Crippen molar-refractivity contribution in [3.63, 3.8) is 0 Å². The van der Waals surface area contributed by atoms with Crippen molar-refractivity contribution in [3.05, 3.63) is 16.9 Å². The van der Waals surface area contributed by atoms with E-state index in [2.05, 4.69) is 0 Å². The maximum Gasteiger partial charge on any atom is 0.194 e. The van der Waals surface area contributed by atoms with Crippen LogP contribution in [0.25, 0.3) is 0 Å². The Hall–Kier alpha value is -1.25. The van der Waals surface area contributed by atoms with Gasteiger partial charge in [0.15, 0.2) is 11.7 Å². The van der Waals surface area contributed by atoms with Crippen molar-refractivity contribution in [1.29, 1.82) is 0 Å². The zero-order valence-electron chi connectivity index (χ0n) is 7.02. The van der Waals surface area contributed by atoms with Gasteiger partial charge in [0.25, 0.3) is 0 Å². The number of hydrogen-bond donors (Lipinski definition) is 1. The van der Waals surface area contributed by atoms with Gasteiger partial charge < -0.3 is 10.2 Å². The molecule has 0 fully saturated rings. The Morgan fingerprint density at radius 3 is 2.92 bits per heavy atom. The van der Waals surface area contributed by atoms with Gasteiger partial charge in [-0.15, -0.1) is 0 Å². The molecule has 0 aromatic carbocycles. The van der Waals surface area contributed by atoms with Gasteiger partial charge in [0, 0.05) is 18.4 Å². The second kappa shape index (κ2) is 2.37. The number of carbonyl (C=O) groups is 1. The first-order valence-electron chi connectivity index (χ1n) is 4.17. The number of anilines is 1. The van der Waals surface area contributed by atoms with Crippen LogP contribution < -0.4 is 5.73 Å². The third-order valence-corrected chi connectivity index (χ3v) is 2.32. The monoisotopic (exact) mass is 165 g/mol. The first kappa shape index (κ1) is 7.40. The molecule has 0 saturated carbocycles. The van der Waals surface area contributed by atoms with E-state index in [-0.39, 0.29) is 5.78 Å². The van der Waals surface area contributed by atoms with Gasteiger partial charge >= 0.3 is 0 Å². The van der Waals surface area contributed by atoms with E-state index in [1.165, 1.54) is 0 Å². The molecule has 3 heteroatoms. The van der Waals surface area contributed by atoms with Gasteiger partial charge in [-0.25, -0.2) is 0 Å². The molecule has 1 aromatic rings. The fraction of sp³-hybridized carbons (Fsp3) is 0.444. The standard InChI is InChI=1S/C9H11NO2/c1-2-5-8-6(11)3-4-7(8)12-9(5)10/h2-4,10H2,1H3. The number of fused-ring (bicyclic) bond motifs is 1. The van der Waals surface area contributed by atoms with E-state index < -0.39 is 0 Å². The number of hydrogen-bond acceptors (Lipinski definition) is 3. The highest BCUT2D eigenvalue weighted by molar-refractivity contribution is 6.02. The molecule has 0 amide bonds. The van der Waals surface area contributed by atoms with Crippen LogP contribution in [0.15, 0.2) is 4.42 Å². The number of furan rings is 1. The molecule has 1 heterocycles. The molecule has 0 atom stereocenters. The number of carbonyl (C=O) groups excluding carboxylic acids is 1. The highest BCUT2D eigenvalue weighted by Gasteiger charge is 2.28.